The highest BCUT2D eigenvalue weighted by molar-refractivity contribution is 5.74. The van der Waals surface area contributed by atoms with E-state index in [0.717, 1.165) is 6.42 Å². The fourth-order valence-corrected chi connectivity index (χ4v) is 1.75. The Bertz CT molecular complexity index is 291. The van der Waals surface area contributed by atoms with Gasteiger partial charge >= 0.3 is 12.0 Å². The number of aliphatic carboxylic acids is 1. The lowest BCUT2D eigenvalue weighted by atomic mass is 10.2. The third-order valence-electron chi connectivity index (χ3n) is 2.99. The van der Waals surface area contributed by atoms with Gasteiger partial charge in [0.1, 0.15) is 0 Å². The Morgan fingerprint density at radius 2 is 2.33 bits per heavy atom. The summed E-state index contributed by atoms with van der Waals surface area (Å²) < 4.78 is 10.2. The van der Waals surface area contributed by atoms with Crippen LogP contribution in [0.5, 0.6) is 0 Å². The molecule has 1 aliphatic heterocycles. The van der Waals surface area contributed by atoms with Gasteiger partial charge in [-0.3, -0.25) is 4.79 Å². The molecular formula is C11H20N2O5. The number of methoxy groups -OCH3 is 1. The molecule has 0 saturated carbocycles. The van der Waals surface area contributed by atoms with Crippen molar-refractivity contribution in [2.24, 2.45) is 0 Å². The SMILES string of the molecule is COC(CNC(=O)N(C)C1CCOC1)CC(=O)O. The maximum absolute atomic E-state index is 11.8. The molecule has 1 saturated heterocycles. The highest BCUT2D eigenvalue weighted by atomic mass is 16.5. The van der Waals surface area contributed by atoms with Crippen molar-refractivity contribution in [2.75, 3.05) is 33.9 Å². The average molecular weight is 260 g/mol. The molecule has 1 heterocycles. The van der Waals surface area contributed by atoms with Gasteiger partial charge < -0.3 is 24.8 Å². The van der Waals surface area contributed by atoms with Crippen LogP contribution in [0, 0.1) is 0 Å². The molecule has 0 radical (unpaired) electrons. The summed E-state index contributed by atoms with van der Waals surface area (Å²) in [6.45, 7) is 1.40. The number of urea groups is 1. The topological polar surface area (TPSA) is 88.1 Å². The Hall–Kier alpha value is -1.34. The molecule has 0 aromatic heterocycles. The molecule has 2 N–H and O–H groups in total. The van der Waals surface area contributed by atoms with E-state index < -0.39 is 12.1 Å². The van der Waals surface area contributed by atoms with Gasteiger partial charge in [0.2, 0.25) is 0 Å². The first-order valence-electron chi connectivity index (χ1n) is 5.87. The lowest BCUT2D eigenvalue weighted by Crippen LogP contribution is -2.46. The molecule has 2 unspecified atom stereocenters. The van der Waals surface area contributed by atoms with Gasteiger partial charge in [-0.25, -0.2) is 4.79 Å². The predicted octanol–water partition coefficient (Wildman–Crippen LogP) is -0.0936. The summed E-state index contributed by atoms with van der Waals surface area (Å²) in [5, 5.41) is 11.3. The van der Waals surface area contributed by atoms with Crippen LogP contribution in [0.3, 0.4) is 0 Å². The molecule has 7 nitrogen and oxygen atoms in total. The van der Waals surface area contributed by atoms with Crippen molar-refractivity contribution in [1.29, 1.82) is 0 Å². The number of nitrogens with zero attached hydrogens (tertiary/aromatic N) is 1. The van der Waals surface area contributed by atoms with Crippen LogP contribution in [-0.4, -0.2) is 68.1 Å². The second kappa shape index (κ2) is 7.17. The lowest BCUT2D eigenvalue weighted by molar-refractivity contribution is -0.139. The van der Waals surface area contributed by atoms with E-state index in [1.54, 1.807) is 11.9 Å². The zero-order valence-corrected chi connectivity index (χ0v) is 10.7. The largest absolute Gasteiger partial charge is 0.481 e. The summed E-state index contributed by atoms with van der Waals surface area (Å²) in [7, 11) is 3.13. The zero-order chi connectivity index (χ0) is 13.5. The zero-order valence-electron chi connectivity index (χ0n) is 10.7. The highest BCUT2D eigenvalue weighted by Crippen LogP contribution is 2.10. The van der Waals surface area contributed by atoms with Crippen molar-refractivity contribution < 1.29 is 24.2 Å². The van der Waals surface area contributed by atoms with E-state index in [1.165, 1.54) is 7.11 Å². The van der Waals surface area contributed by atoms with Crippen molar-refractivity contribution in [3.8, 4) is 0 Å². The minimum atomic E-state index is -0.950. The second-order valence-corrected chi connectivity index (χ2v) is 4.27. The Kier molecular flexibility index (Phi) is 5.87. The van der Waals surface area contributed by atoms with Gasteiger partial charge in [-0.15, -0.1) is 0 Å². The van der Waals surface area contributed by atoms with E-state index in [9.17, 15) is 9.59 Å². The minimum Gasteiger partial charge on any atom is -0.481 e. The van der Waals surface area contributed by atoms with Crippen LogP contribution in [0.4, 0.5) is 4.79 Å². The van der Waals surface area contributed by atoms with Gasteiger partial charge in [0.15, 0.2) is 0 Å². The van der Waals surface area contributed by atoms with E-state index in [1.807, 2.05) is 0 Å². The fraction of sp³-hybridized carbons (Fsp3) is 0.818. The number of amides is 2. The first kappa shape index (κ1) is 14.7. The van der Waals surface area contributed by atoms with E-state index in [0.29, 0.717) is 13.2 Å². The van der Waals surface area contributed by atoms with Crippen LogP contribution in [0.1, 0.15) is 12.8 Å². The van der Waals surface area contributed by atoms with Gasteiger partial charge in [-0.1, -0.05) is 0 Å². The monoisotopic (exact) mass is 260 g/mol. The number of ether oxygens (including phenoxy) is 2. The first-order valence-corrected chi connectivity index (χ1v) is 5.87. The number of carbonyl (C=O) groups excluding carboxylic acids is 1. The van der Waals surface area contributed by atoms with Gasteiger partial charge in [-0.05, 0) is 6.42 Å². The molecule has 0 aliphatic carbocycles. The van der Waals surface area contributed by atoms with Gasteiger partial charge in [0.25, 0.3) is 0 Å². The summed E-state index contributed by atoms with van der Waals surface area (Å²) in [6.07, 6.45) is 0.180. The standard InChI is InChI=1S/C11H20N2O5/c1-13(8-3-4-18-7-8)11(16)12-6-9(17-2)5-10(14)15/h8-9H,3-7H2,1-2H3,(H,12,16)(H,14,15). The molecule has 1 rings (SSSR count). The first-order chi connectivity index (χ1) is 8.54. The summed E-state index contributed by atoms with van der Waals surface area (Å²) in [5.41, 5.74) is 0. The molecule has 0 aromatic rings. The van der Waals surface area contributed by atoms with Crippen LogP contribution >= 0.6 is 0 Å². The van der Waals surface area contributed by atoms with E-state index in [4.69, 9.17) is 14.6 Å². The molecule has 0 spiro atoms. The smallest absolute Gasteiger partial charge is 0.317 e. The predicted molar refractivity (Wildman–Crippen MR) is 63.4 cm³/mol. The summed E-state index contributed by atoms with van der Waals surface area (Å²) >= 11 is 0. The third kappa shape index (κ3) is 4.50. The maximum atomic E-state index is 11.8. The van der Waals surface area contributed by atoms with Crippen molar-refractivity contribution in [3.05, 3.63) is 0 Å². The van der Waals surface area contributed by atoms with Crippen LogP contribution < -0.4 is 5.32 Å². The lowest BCUT2D eigenvalue weighted by Gasteiger charge is -2.24. The van der Waals surface area contributed by atoms with E-state index in [-0.39, 0.29) is 25.0 Å². The van der Waals surface area contributed by atoms with Crippen LogP contribution in [0.25, 0.3) is 0 Å². The van der Waals surface area contributed by atoms with Crippen LogP contribution in [-0.2, 0) is 14.3 Å². The number of nitrogens with one attached hydrogen (secondary N) is 1. The number of carbonyl (C=O) groups is 2. The Balaban J connectivity index is 2.32. The molecule has 0 aromatic carbocycles. The molecular weight excluding hydrogens is 240 g/mol. The summed E-state index contributed by atoms with van der Waals surface area (Å²) in [4.78, 5) is 23.9. The van der Waals surface area contributed by atoms with Crippen LogP contribution in [0.2, 0.25) is 0 Å². The molecule has 7 heteroatoms. The van der Waals surface area contributed by atoms with E-state index >= 15 is 0 Å². The van der Waals surface area contributed by atoms with Crippen molar-refractivity contribution in [3.63, 3.8) is 0 Å². The summed E-state index contributed by atoms with van der Waals surface area (Å²) in [6, 6.07) is -0.150. The highest BCUT2D eigenvalue weighted by Gasteiger charge is 2.24. The number of hydrogen-bond donors (Lipinski definition) is 2. The van der Waals surface area contributed by atoms with Gasteiger partial charge in [-0.2, -0.15) is 0 Å². The number of rotatable bonds is 6. The molecule has 1 aliphatic rings. The molecule has 2 atom stereocenters. The molecule has 0 bridgehead atoms. The fourth-order valence-electron chi connectivity index (χ4n) is 1.75. The van der Waals surface area contributed by atoms with Gasteiger partial charge in [0.05, 0.1) is 25.2 Å². The number of carboxylic acid groups (broad SMARTS) is 1. The Labute approximate surface area is 106 Å². The number of likely N-dealkylation sites (N-methyl/N-ethyl adjacent to an activating group) is 1. The Morgan fingerprint density at radius 1 is 1.61 bits per heavy atom. The molecule has 1 fully saturated rings. The van der Waals surface area contributed by atoms with Gasteiger partial charge in [0, 0.05) is 27.3 Å². The van der Waals surface area contributed by atoms with Crippen molar-refractivity contribution in [2.45, 2.75) is 25.0 Å². The number of hydrogen-bond acceptors (Lipinski definition) is 4. The van der Waals surface area contributed by atoms with Crippen molar-refractivity contribution in [1.82, 2.24) is 10.2 Å². The molecule has 104 valence electrons. The average Bonchev–Trinajstić information content (AvgIpc) is 2.86. The molecule has 18 heavy (non-hydrogen) atoms. The second-order valence-electron chi connectivity index (χ2n) is 4.27. The van der Waals surface area contributed by atoms with E-state index in [2.05, 4.69) is 5.32 Å². The minimum absolute atomic E-state index is 0.0884. The Morgan fingerprint density at radius 3 is 2.83 bits per heavy atom. The normalized spacial score (nSPS) is 20.4. The quantitative estimate of drug-likeness (QED) is 0.696. The summed E-state index contributed by atoms with van der Waals surface area (Å²) in [5.74, 6) is -0.950. The third-order valence-corrected chi connectivity index (χ3v) is 2.99. The maximum Gasteiger partial charge on any atom is 0.317 e. The number of carboxylic acids is 1. The molecule has 2 amide bonds. The van der Waals surface area contributed by atoms with Crippen LogP contribution in [0.15, 0.2) is 0 Å². The van der Waals surface area contributed by atoms with Crippen molar-refractivity contribution >= 4 is 12.0 Å².